The summed E-state index contributed by atoms with van der Waals surface area (Å²) in [6, 6.07) is 12.1. The van der Waals surface area contributed by atoms with Gasteiger partial charge >= 0.3 is 0 Å². The molecule has 0 aliphatic carbocycles. The maximum Gasteiger partial charge on any atom is 0.244 e. The predicted molar refractivity (Wildman–Crippen MR) is 101 cm³/mol. The number of benzene rings is 1. The number of pyridine rings is 1. The Kier molecular flexibility index (Phi) is 5.34. The summed E-state index contributed by atoms with van der Waals surface area (Å²) in [5.74, 6) is 0.185. The van der Waals surface area contributed by atoms with Gasteiger partial charge in [-0.25, -0.2) is 0 Å². The third kappa shape index (κ3) is 3.99. The van der Waals surface area contributed by atoms with Gasteiger partial charge in [0.25, 0.3) is 0 Å². The molecule has 0 radical (unpaired) electrons. The first-order valence-electron chi connectivity index (χ1n) is 8.73. The number of hydrogen-bond donors (Lipinski definition) is 0. The van der Waals surface area contributed by atoms with Gasteiger partial charge in [0.05, 0.1) is 0 Å². The lowest BCUT2D eigenvalue weighted by atomic mass is 10.0. The minimum absolute atomic E-state index is 0.185. The highest BCUT2D eigenvalue weighted by Gasteiger charge is 2.30. The molecule has 5 nitrogen and oxygen atoms in total. The van der Waals surface area contributed by atoms with Crippen molar-refractivity contribution in [1.29, 1.82) is 0 Å². The monoisotopic (exact) mass is 338 g/mol. The first-order valence-corrected chi connectivity index (χ1v) is 8.73. The van der Waals surface area contributed by atoms with Crippen molar-refractivity contribution in [3.63, 3.8) is 0 Å². The Bertz CT molecular complexity index is 709. The van der Waals surface area contributed by atoms with Crippen LogP contribution in [0, 0.1) is 6.92 Å². The van der Waals surface area contributed by atoms with Gasteiger partial charge in [0.1, 0.15) is 6.04 Å². The average molecular weight is 338 g/mol. The summed E-state index contributed by atoms with van der Waals surface area (Å²) < 4.78 is 0. The molecule has 1 aliphatic rings. The molecule has 3 rings (SSSR count). The number of hydrogen-bond acceptors (Lipinski definition) is 4. The SMILES string of the molecule is Cc1cccc([C@@H](C(=O)N2CCN(c3ccncc3)CC2)N(C)C)c1. The maximum atomic E-state index is 13.2. The van der Waals surface area contributed by atoms with Crippen LogP contribution in [-0.2, 0) is 4.79 Å². The second-order valence-electron chi connectivity index (χ2n) is 6.80. The molecule has 132 valence electrons. The fourth-order valence-corrected chi connectivity index (χ4v) is 3.41. The van der Waals surface area contributed by atoms with Gasteiger partial charge in [0.2, 0.25) is 5.91 Å². The van der Waals surface area contributed by atoms with Gasteiger partial charge in [-0.3, -0.25) is 14.7 Å². The Morgan fingerprint density at radius 2 is 1.76 bits per heavy atom. The number of aryl methyl sites for hydroxylation is 1. The minimum Gasteiger partial charge on any atom is -0.368 e. The van der Waals surface area contributed by atoms with Crippen LogP contribution in [0.15, 0.2) is 48.8 Å². The average Bonchev–Trinajstić information content (AvgIpc) is 2.62. The van der Waals surface area contributed by atoms with Gasteiger partial charge in [0, 0.05) is 44.3 Å². The normalized spacial score (nSPS) is 16.2. The second-order valence-corrected chi connectivity index (χ2v) is 6.80. The van der Waals surface area contributed by atoms with Crippen LogP contribution in [0.3, 0.4) is 0 Å². The molecule has 25 heavy (non-hydrogen) atoms. The van der Waals surface area contributed by atoms with E-state index in [1.54, 1.807) is 0 Å². The van der Waals surface area contributed by atoms with Crippen molar-refractivity contribution >= 4 is 11.6 Å². The van der Waals surface area contributed by atoms with Crippen molar-refractivity contribution in [3.8, 4) is 0 Å². The molecule has 0 bridgehead atoms. The van der Waals surface area contributed by atoms with E-state index < -0.39 is 0 Å². The number of rotatable bonds is 4. The molecule has 1 aromatic carbocycles. The largest absolute Gasteiger partial charge is 0.368 e. The lowest BCUT2D eigenvalue weighted by Crippen LogP contribution is -2.51. The van der Waals surface area contributed by atoms with E-state index in [-0.39, 0.29) is 11.9 Å². The van der Waals surface area contributed by atoms with E-state index >= 15 is 0 Å². The molecule has 5 heteroatoms. The fraction of sp³-hybridized carbons (Fsp3) is 0.400. The molecule has 2 heterocycles. The summed E-state index contributed by atoms with van der Waals surface area (Å²) in [5, 5.41) is 0. The Balaban J connectivity index is 1.70. The van der Waals surface area contributed by atoms with Gasteiger partial charge in [-0.2, -0.15) is 0 Å². The van der Waals surface area contributed by atoms with Crippen molar-refractivity contribution < 1.29 is 4.79 Å². The summed E-state index contributed by atoms with van der Waals surface area (Å²) in [5.41, 5.74) is 3.41. The van der Waals surface area contributed by atoms with E-state index in [1.165, 1.54) is 11.3 Å². The van der Waals surface area contributed by atoms with Crippen LogP contribution in [0.25, 0.3) is 0 Å². The lowest BCUT2D eigenvalue weighted by Gasteiger charge is -2.38. The fourth-order valence-electron chi connectivity index (χ4n) is 3.41. The van der Waals surface area contributed by atoms with E-state index in [0.29, 0.717) is 0 Å². The molecule has 0 N–H and O–H groups in total. The van der Waals surface area contributed by atoms with E-state index in [1.807, 2.05) is 60.6 Å². The molecule has 1 atom stereocenters. The molecule has 2 aromatic rings. The number of amides is 1. The van der Waals surface area contributed by atoms with Crippen molar-refractivity contribution in [1.82, 2.24) is 14.8 Å². The summed E-state index contributed by atoms with van der Waals surface area (Å²) in [7, 11) is 3.94. The molecule has 1 fully saturated rings. The lowest BCUT2D eigenvalue weighted by molar-refractivity contribution is -0.136. The zero-order chi connectivity index (χ0) is 17.8. The van der Waals surface area contributed by atoms with E-state index in [4.69, 9.17) is 0 Å². The smallest absolute Gasteiger partial charge is 0.244 e. The highest BCUT2D eigenvalue weighted by atomic mass is 16.2. The van der Waals surface area contributed by atoms with Crippen LogP contribution in [-0.4, -0.2) is 61.0 Å². The molecule has 0 unspecified atom stereocenters. The van der Waals surface area contributed by atoms with Crippen LogP contribution in [0.2, 0.25) is 0 Å². The minimum atomic E-state index is -0.229. The summed E-state index contributed by atoms with van der Waals surface area (Å²) >= 11 is 0. The maximum absolute atomic E-state index is 13.2. The highest BCUT2D eigenvalue weighted by Crippen LogP contribution is 2.23. The van der Waals surface area contributed by atoms with Crippen LogP contribution in [0.1, 0.15) is 17.2 Å². The van der Waals surface area contributed by atoms with Crippen molar-refractivity contribution in [2.45, 2.75) is 13.0 Å². The van der Waals surface area contributed by atoms with Crippen molar-refractivity contribution in [2.75, 3.05) is 45.2 Å². The molecule has 1 saturated heterocycles. The van der Waals surface area contributed by atoms with Crippen LogP contribution < -0.4 is 4.90 Å². The summed E-state index contributed by atoms with van der Waals surface area (Å²) in [4.78, 5) is 23.5. The van der Waals surface area contributed by atoms with Crippen molar-refractivity contribution in [3.05, 3.63) is 59.9 Å². The third-order valence-corrected chi connectivity index (χ3v) is 4.73. The van der Waals surface area contributed by atoms with Gasteiger partial charge in [0.15, 0.2) is 0 Å². The van der Waals surface area contributed by atoms with Crippen molar-refractivity contribution in [2.24, 2.45) is 0 Å². The number of carbonyl (C=O) groups excluding carboxylic acids is 1. The number of likely N-dealkylation sites (N-methyl/N-ethyl adjacent to an activating group) is 1. The zero-order valence-electron chi connectivity index (χ0n) is 15.2. The van der Waals surface area contributed by atoms with Gasteiger partial charge in [-0.15, -0.1) is 0 Å². The first kappa shape index (κ1) is 17.4. The number of carbonyl (C=O) groups is 1. The standard InChI is InChI=1S/C20H26N4O/c1-16-5-4-6-17(15-16)19(22(2)3)20(25)24-13-11-23(12-14-24)18-7-9-21-10-8-18/h4-10,15,19H,11-14H2,1-3H3/t19-/m0/s1. The summed E-state index contributed by atoms with van der Waals surface area (Å²) in [6.45, 7) is 5.26. The molecule has 0 saturated carbocycles. The Labute approximate surface area is 149 Å². The van der Waals surface area contributed by atoms with Crippen LogP contribution in [0.4, 0.5) is 5.69 Å². The molecule has 1 amide bonds. The van der Waals surface area contributed by atoms with Crippen LogP contribution in [0.5, 0.6) is 0 Å². The zero-order valence-corrected chi connectivity index (χ0v) is 15.2. The summed E-state index contributed by atoms with van der Waals surface area (Å²) in [6.07, 6.45) is 3.62. The quantitative estimate of drug-likeness (QED) is 0.858. The second kappa shape index (κ2) is 7.66. The first-order chi connectivity index (χ1) is 12.1. The molecule has 1 aromatic heterocycles. The van der Waals surface area contributed by atoms with Gasteiger partial charge in [-0.1, -0.05) is 29.8 Å². The number of anilines is 1. The van der Waals surface area contributed by atoms with E-state index in [0.717, 1.165) is 31.7 Å². The molecule has 1 aliphatic heterocycles. The Morgan fingerprint density at radius 1 is 1.08 bits per heavy atom. The third-order valence-electron chi connectivity index (χ3n) is 4.73. The van der Waals surface area contributed by atoms with Gasteiger partial charge < -0.3 is 9.80 Å². The van der Waals surface area contributed by atoms with Gasteiger partial charge in [-0.05, 0) is 38.7 Å². The number of piperazine rings is 1. The number of aromatic nitrogens is 1. The number of nitrogens with zero attached hydrogens (tertiary/aromatic N) is 4. The molecular weight excluding hydrogens is 312 g/mol. The van der Waals surface area contributed by atoms with E-state index in [2.05, 4.69) is 28.9 Å². The molecule has 0 spiro atoms. The Morgan fingerprint density at radius 3 is 2.36 bits per heavy atom. The Hall–Kier alpha value is -2.40. The predicted octanol–water partition coefficient (Wildman–Crippen LogP) is 2.34. The highest BCUT2D eigenvalue weighted by molar-refractivity contribution is 5.83. The molecular formula is C20H26N4O. The van der Waals surface area contributed by atoms with Crippen LogP contribution >= 0.6 is 0 Å². The topological polar surface area (TPSA) is 39.7 Å². The van der Waals surface area contributed by atoms with E-state index in [9.17, 15) is 4.79 Å².